The Morgan fingerprint density at radius 3 is 1.65 bits per heavy atom. The highest BCUT2D eigenvalue weighted by atomic mass is 15.2. The zero-order valence-corrected chi connectivity index (χ0v) is 19.3. The topological polar surface area (TPSA) is 3.24 Å². The average molecular weight is 416 g/mol. The Morgan fingerprint density at radius 1 is 0.613 bits per heavy atom. The lowest BCUT2D eigenvalue weighted by Gasteiger charge is -2.42. The van der Waals surface area contributed by atoms with Crippen molar-refractivity contribution in [2.24, 2.45) is 23.7 Å². The Kier molecular flexibility index (Phi) is 7.09. The van der Waals surface area contributed by atoms with Crippen LogP contribution in [0.5, 0.6) is 0 Å². The van der Waals surface area contributed by atoms with Crippen molar-refractivity contribution in [1.29, 1.82) is 0 Å². The second-order valence-electron chi connectivity index (χ2n) is 10.9. The van der Waals surface area contributed by atoms with Gasteiger partial charge in [0, 0.05) is 6.04 Å². The van der Waals surface area contributed by atoms with Gasteiger partial charge < -0.3 is 4.90 Å². The molecule has 1 nitrogen and oxygen atoms in total. The summed E-state index contributed by atoms with van der Waals surface area (Å²) in [6.45, 7) is 2.76. The van der Waals surface area contributed by atoms with Gasteiger partial charge in [0.05, 0.1) is 0 Å². The molecule has 2 aromatic carbocycles. The Bertz CT molecular complexity index is 723. The standard InChI is InChI=1S/C30H41N/c1-3-7-24(8-4-1)22-29(23-25-9-5-2-6-10-25)28-13-15-30(16-14-28)31-19-17-27(18-20-31)21-26-11-12-26/h1-10,26-30H,11-23H2/t28-,30+. The highest BCUT2D eigenvalue weighted by Gasteiger charge is 2.33. The molecular weight excluding hydrogens is 374 g/mol. The lowest BCUT2D eigenvalue weighted by Crippen LogP contribution is -2.44. The lowest BCUT2D eigenvalue weighted by molar-refractivity contribution is 0.0804. The molecule has 0 radical (unpaired) electrons. The molecule has 0 unspecified atom stereocenters. The van der Waals surface area contributed by atoms with Crippen molar-refractivity contribution in [3.05, 3.63) is 71.8 Å². The maximum atomic E-state index is 2.88. The molecule has 2 aromatic rings. The summed E-state index contributed by atoms with van der Waals surface area (Å²) in [5, 5.41) is 0. The van der Waals surface area contributed by atoms with E-state index in [-0.39, 0.29) is 0 Å². The molecule has 1 heteroatoms. The molecule has 1 heterocycles. The van der Waals surface area contributed by atoms with Crippen molar-refractivity contribution in [2.45, 2.75) is 76.7 Å². The molecule has 0 N–H and O–H groups in total. The van der Waals surface area contributed by atoms with E-state index in [1.807, 2.05) is 0 Å². The van der Waals surface area contributed by atoms with Crippen LogP contribution in [0, 0.1) is 23.7 Å². The molecular formula is C30H41N. The van der Waals surface area contributed by atoms with Crippen molar-refractivity contribution in [2.75, 3.05) is 13.1 Å². The quantitative estimate of drug-likeness (QED) is 0.442. The molecule has 5 rings (SSSR count). The van der Waals surface area contributed by atoms with Crippen LogP contribution in [0.4, 0.5) is 0 Å². The fourth-order valence-electron chi connectivity index (χ4n) is 6.56. The van der Waals surface area contributed by atoms with Gasteiger partial charge in [0.25, 0.3) is 0 Å². The number of hydrogen-bond donors (Lipinski definition) is 0. The van der Waals surface area contributed by atoms with Crippen LogP contribution in [0.2, 0.25) is 0 Å². The van der Waals surface area contributed by atoms with Gasteiger partial charge >= 0.3 is 0 Å². The van der Waals surface area contributed by atoms with E-state index in [0.29, 0.717) is 0 Å². The van der Waals surface area contributed by atoms with Crippen molar-refractivity contribution in [1.82, 2.24) is 4.90 Å². The highest BCUT2D eigenvalue weighted by molar-refractivity contribution is 5.19. The molecule has 3 aliphatic rings. The van der Waals surface area contributed by atoms with Gasteiger partial charge in [-0.2, -0.15) is 0 Å². The fourth-order valence-corrected chi connectivity index (χ4v) is 6.56. The third-order valence-corrected chi connectivity index (χ3v) is 8.62. The number of likely N-dealkylation sites (tertiary alicyclic amines) is 1. The summed E-state index contributed by atoms with van der Waals surface area (Å²) in [5.41, 5.74) is 3.03. The van der Waals surface area contributed by atoms with Gasteiger partial charge in [-0.15, -0.1) is 0 Å². The van der Waals surface area contributed by atoms with Gasteiger partial charge in [-0.1, -0.05) is 73.5 Å². The van der Waals surface area contributed by atoms with Gasteiger partial charge in [0.15, 0.2) is 0 Å². The first-order valence-electron chi connectivity index (χ1n) is 13.2. The maximum Gasteiger partial charge on any atom is 0.00954 e. The summed E-state index contributed by atoms with van der Waals surface area (Å²) in [5.74, 6) is 3.80. The van der Waals surface area contributed by atoms with Crippen LogP contribution in [0.3, 0.4) is 0 Å². The SMILES string of the molecule is c1ccc(CC(Cc2ccccc2)[C@H]2CC[C@@H](N3CCC(CC4CC4)CC3)CC2)cc1. The zero-order valence-electron chi connectivity index (χ0n) is 19.3. The molecule has 1 saturated heterocycles. The van der Waals surface area contributed by atoms with E-state index in [1.165, 1.54) is 88.4 Å². The summed E-state index contributed by atoms with van der Waals surface area (Å²) in [6, 6.07) is 23.3. The number of benzene rings is 2. The molecule has 0 spiro atoms. The summed E-state index contributed by atoms with van der Waals surface area (Å²) < 4.78 is 0. The maximum absolute atomic E-state index is 2.88. The molecule has 0 aromatic heterocycles. The Hall–Kier alpha value is -1.60. The lowest BCUT2D eigenvalue weighted by atomic mass is 9.73. The van der Waals surface area contributed by atoms with E-state index in [4.69, 9.17) is 0 Å². The van der Waals surface area contributed by atoms with Gasteiger partial charge in [-0.05, 0) is 106 Å². The smallest absolute Gasteiger partial charge is 0.00954 e. The van der Waals surface area contributed by atoms with Crippen LogP contribution in [0.25, 0.3) is 0 Å². The van der Waals surface area contributed by atoms with Crippen molar-refractivity contribution < 1.29 is 0 Å². The number of nitrogens with zero attached hydrogens (tertiary/aromatic N) is 1. The highest BCUT2D eigenvalue weighted by Crippen LogP contribution is 2.40. The minimum Gasteiger partial charge on any atom is -0.300 e. The van der Waals surface area contributed by atoms with Crippen LogP contribution < -0.4 is 0 Å². The first-order chi connectivity index (χ1) is 15.3. The number of hydrogen-bond acceptors (Lipinski definition) is 1. The van der Waals surface area contributed by atoms with Crippen LogP contribution in [0.1, 0.15) is 68.9 Å². The van der Waals surface area contributed by atoms with E-state index in [2.05, 4.69) is 65.6 Å². The molecule has 2 saturated carbocycles. The van der Waals surface area contributed by atoms with E-state index < -0.39 is 0 Å². The van der Waals surface area contributed by atoms with Crippen LogP contribution >= 0.6 is 0 Å². The third kappa shape index (κ3) is 6.01. The Balaban J connectivity index is 1.16. The van der Waals surface area contributed by atoms with E-state index in [0.717, 1.165) is 29.7 Å². The van der Waals surface area contributed by atoms with Gasteiger partial charge in [-0.25, -0.2) is 0 Å². The predicted octanol–water partition coefficient (Wildman–Crippen LogP) is 7.16. The molecule has 0 atom stereocenters. The average Bonchev–Trinajstić information content (AvgIpc) is 3.65. The summed E-state index contributed by atoms with van der Waals surface area (Å²) in [7, 11) is 0. The van der Waals surface area contributed by atoms with Crippen molar-refractivity contribution in [3.63, 3.8) is 0 Å². The summed E-state index contributed by atoms with van der Waals surface area (Å²) in [4.78, 5) is 2.88. The molecule has 0 amide bonds. The van der Waals surface area contributed by atoms with Gasteiger partial charge in [0.2, 0.25) is 0 Å². The van der Waals surface area contributed by atoms with Crippen LogP contribution in [-0.2, 0) is 12.8 Å². The predicted molar refractivity (Wildman–Crippen MR) is 131 cm³/mol. The molecule has 2 aliphatic carbocycles. The fraction of sp³-hybridized carbons (Fsp3) is 0.600. The van der Waals surface area contributed by atoms with Crippen molar-refractivity contribution >= 4 is 0 Å². The first-order valence-corrected chi connectivity index (χ1v) is 13.2. The van der Waals surface area contributed by atoms with E-state index in [1.54, 1.807) is 6.42 Å². The first kappa shape index (κ1) is 21.3. The summed E-state index contributed by atoms with van der Waals surface area (Å²) in [6.07, 6.45) is 15.7. The summed E-state index contributed by atoms with van der Waals surface area (Å²) >= 11 is 0. The van der Waals surface area contributed by atoms with Crippen molar-refractivity contribution in [3.8, 4) is 0 Å². The Morgan fingerprint density at radius 2 is 1.13 bits per heavy atom. The van der Waals surface area contributed by atoms with Gasteiger partial charge in [-0.3, -0.25) is 0 Å². The number of rotatable bonds is 8. The van der Waals surface area contributed by atoms with Crippen LogP contribution in [-0.4, -0.2) is 24.0 Å². The molecule has 3 fully saturated rings. The normalized spacial score (nSPS) is 25.7. The molecule has 0 bridgehead atoms. The van der Waals surface area contributed by atoms with Crippen LogP contribution in [0.15, 0.2) is 60.7 Å². The van der Waals surface area contributed by atoms with Gasteiger partial charge in [0.1, 0.15) is 0 Å². The molecule has 31 heavy (non-hydrogen) atoms. The molecule has 1 aliphatic heterocycles. The minimum atomic E-state index is 0.773. The molecule has 166 valence electrons. The minimum absolute atomic E-state index is 0.773. The second kappa shape index (κ2) is 10.3. The number of piperidine rings is 1. The monoisotopic (exact) mass is 415 g/mol. The largest absolute Gasteiger partial charge is 0.300 e. The van der Waals surface area contributed by atoms with E-state index in [9.17, 15) is 0 Å². The third-order valence-electron chi connectivity index (χ3n) is 8.62. The van der Waals surface area contributed by atoms with E-state index >= 15 is 0 Å². The second-order valence-corrected chi connectivity index (χ2v) is 10.9. The Labute approximate surface area is 190 Å². The zero-order chi connectivity index (χ0) is 20.9.